The van der Waals surface area contributed by atoms with Gasteiger partial charge < -0.3 is 0 Å². The molecule has 5 heteroatoms. The van der Waals surface area contributed by atoms with E-state index in [0.717, 1.165) is 13.0 Å². The van der Waals surface area contributed by atoms with E-state index in [1.807, 2.05) is 18.5 Å². The highest BCUT2D eigenvalue weighted by molar-refractivity contribution is 8.13. The summed E-state index contributed by atoms with van der Waals surface area (Å²) in [5.41, 5.74) is 0. The molecule has 0 bridgehead atoms. The third kappa shape index (κ3) is 3.81. The summed E-state index contributed by atoms with van der Waals surface area (Å²) in [4.78, 5) is 5.58. The molecule has 0 saturated heterocycles. The molecule has 0 unspecified atom stereocenters. The summed E-state index contributed by atoms with van der Waals surface area (Å²) in [6, 6.07) is 4.13. The quantitative estimate of drug-likeness (QED) is 0.371. The minimum Gasteiger partial charge on any atom is -0.272 e. The maximum Gasteiger partial charge on any atom is 0.183 e. The number of nitrogens with one attached hydrogen (secondary N) is 1. The highest BCUT2D eigenvalue weighted by atomic mass is 32.2. The smallest absolute Gasteiger partial charge is 0.183 e. The molecule has 1 aromatic heterocycles. The lowest BCUT2D eigenvalue weighted by Crippen LogP contribution is -2.13. The van der Waals surface area contributed by atoms with Gasteiger partial charge >= 0.3 is 0 Å². The Balaban J connectivity index is 2.35. The van der Waals surface area contributed by atoms with Gasteiger partial charge in [0.1, 0.15) is 0 Å². The molecule has 0 spiro atoms. The Morgan fingerprint density at radius 1 is 1.79 bits per heavy atom. The number of thioether (sulfide) groups is 1. The molecule has 3 nitrogen and oxygen atoms in total. The summed E-state index contributed by atoms with van der Waals surface area (Å²) in [6.07, 6.45) is 4.70. The number of rotatable bonds is 3. The number of aliphatic imine (C=N–C) groups is 1. The minimum atomic E-state index is 0.684. The Kier molecular flexibility index (Phi) is 5.12. The van der Waals surface area contributed by atoms with Gasteiger partial charge in [0.15, 0.2) is 11.4 Å². The molecule has 0 atom stereocenters. The van der Waals surface area contributed by atoms with Gasteiger partial charge in [0, 0.05) is 17.8 Å². The van der Waals surface area contributed by atoms with Crippen molar-refractivity contribution in [2.24, 2.45) is 4.99 Å². The van der Waals surface area contributed by atoms with Gasteiger partial charge in [0.25, 0.3) is 0 Å². The highest BCUT2D eigenvalue weighted by Crippen LogP contribution is 2.09. The SMILES string of the molecule is CSC(=NCCc1cccs1)NC#N. The van der Waals surface area contributed by atoms with Gasteiger partial charge in [0.2, 0.25) is 0 Å². The van der Waals surface area contributed by atoms with Crippen LogP contribution < -0.4 is 5.32 Å². The molecule has 0 aliphatic heterocycles. The zero-order chi connectivity index (χ0) is 10.2. The molecule has 1 rings (SSSR count). The van der Waals surface area contributed by atoms with Crippen LogP contribution in [0.1, 0.15) is 4.88 Å². The van der Waals surface area contributed by atoms with Crippen molar-refractivity contribution in [3.05, 3.63) is 22.4 Å². The standard InChI is InChI=1S/C9H11N3S2/c1-13-9(12-7-10)11-5-4-8-3-2-6-14-8/h2-3,6H,4-5H2,1H3,(H,11,12). The second-order valence-electron chi connectivity index (χ2n) is 2.46. The van der Waals surface area contributed by atoms with E-state index in [1.165, 1.54) is 16.6 Å². The van der Waals surface area contributed by atoms with Crippen molar-refractivity contribution in [3.8, 4) is 6.19 Å². The van der Waals surface area contributed by atoms with E-state index < -0.39 is 0 Å². The number of nitrogens with zero attached hydrogens (tertiary/aromatic N) is 2. The largest absolute Gasteiger partial charge is 0.272 e. The maximum atomic E-state index is 8.40. The zero-order valence-corrected chi connectivity index (χ0v) is 9.49. The second kappa shape index (κ2) is 6.46. The molecular formula is C9H11N3S2. The van der Waals surface area contributed by atoms with Crippen LogP contribution in [0.4, 0.5) is 0 Å². The van der Waals surface area contributed by atoms with Gasteiger partial charge in [-0.3, -0.25) is 10.3 Å². The van der Waals surface area contributed by atoms with Crippen LogP contribution in [0, 0.1) is 11.5 Å². The first-order chi connectivity index (χ1) is 6.86. The molecule has 74 valence electrons. The summed E-state index contributed by atoms with van der Waals surface area (Å²) < 4.78 is 0. The van der Waals surface area contributed by atoms with Gasteiger partial charge in [-0.15, -0.1) is 11.3 Å². The number of hydrogen-bond acceptors (Lipinski definition) is 4. The van der Waals surface area contributed by atoms with Gasteiger partial charge in [0.05, 0.1) is 0 Å². The Hall–Kier alpha value is -0.990. The maximum absolute atomic E-state index is 8.40. The van der Waals surface area contributed by atoms with Gasteiger partial charge in [-0.1, -0.05) is 17.8 Å². The van der Waals surface area contributed by atoms with E-state index in [4.69, 9.17) is 5.26 Å². The summed E-state index contributed by atoms with van der Waals surface area (Å²) in [5.74, 6) is 0. The molecule has 0 radical (unpaired) electrons. The lowest BCUT2D eigenvalue weighted by molar-refractivity contribution is 0.983. The number of hydrogen-bond donors (Lipinski definition) is 1. The normalized spacial score (nSPS) is 11.0. The first-order valence-corrected chi connectivity index (χ1v) is 6.23. The zero-order valence-electron chi connectivity index (χ0n) is 7.86. The van der Waals surface area contributed by atoms with Crippen molar-refractivity contribution in [2.75, 3.05) is 12.8 Å². The second-order valence-corrected chi connectivity index (χ2v) is 4.28. The van der Waals surface area contributed by atoms with E-state index >= 15 is 0 Å². The average Bonchev–Trinajstić information content (AvgIpc) is 2.69. The predicted octanol–water partition coefficient (Wildman–Crippen LogP) is 2.08. The van der Waals surface area contributed by atoms with E-state index in [1.54, 1.807) is 11.3 Å². The number of thiophene rings is 1. The van der Waals surface area contributed by atoms with Crippen LogP contribution in [0.15, 0.2) is 22.5 Å². The summed E-state index contributed by atoms with van der Waals surface area (Å²) in [5, 5.41) is 13.7. The van der Waals surface area contributed by atoms with Crippen molar-refractivity contribution < 1.29 is 0 Å². The van der Waals surface area contributed by atoms with Crippen molar-refractivity contribution in [1.82, 2.24) is 5.32 Å². The Morgan fingerprint density at radius 3 is 3.21 bits per heavy atom. The lowest BCUT2D eigenvalue weighted by atomic mass is 10.3. The molecule has 0 aliphatic rings. The van der Waals surface area contributed by atoms with E-state index in [2.05, 4.69) is 21.8 Å². The van der Waals surface area contributed by atoms with Gasteiger partial charge in [-0.25, -0.2) is 0 Å². The fourth-order valence-electron chi connectivity index (χ4n) is 0.925. The van der Waals surface area contributed by atoms with Crippen molar-refractivity contribution in [1.29, 1.82) is 5.26 Å². The van der Waals surface area contributed by atoms with Crippen LogP contribution in [0.2, 0.25) is 0 Å². The van der Waals surface area contributed by atoms with Crippen LogP contribution in [0.25, 0.3) is 0 Å². The molecule has 0 amide bonds. The fourth-order valence-corrected chi connectivity index (χ4v) is 1.99. The number of amidine groups is 1. The summed E-state index contributed by atoms with van der Waals surface area (Å²) in [7, 11) is 0. The predicted molar refractivity (Wildman–Crippen MR) is 62.6 cm³/mol. The van der Waals surface area contributed by atoms with Crippen LogP contribution in [-0.4, -0.2) is 18.0 Å². The molecule has 1 heterocycles. The van der Waals surface area contributed by atoms with Gasteiger partial charge in [-0.05, 0) is 17.7 Å². The van der Waals surface area contributed by atoms with Crippen LogP contribution in [0.3, 0.4) is 0 Å². The minimum absolute atomic E-state index is 0.684. The molecule has 14 heavy (non-hydrogen) atoms. The average molecular weight is 225 g/mol. The van der Waals surface area contributed by atoms with Crippen molar-refractivity contribution >= 4 is 28.3 Å². The van der Waals surface area contributed by atoms with Gasteiger partial charge in [-0.2, -0.15) is 5.26 Å². The summed E-state index contributed by atoms with van der Waals surface area (Å²) in [6.45, 7) is 0.728. The first kappa shape index (κ1) is 11.1. The Bertz CT molecular complexity index is 324. The fraction of sp³-hybridized carbons (Fsp3) is 0.333. The molecule has 0 fully saturated rings. The van der Waals surface area contributed by atoms with Crippen molar-refractivity contribution in [3.63, 3.8) is 0 Å². The third-order valence-electron chi connectivity index (χ3n) is 1.55. The van der Waals surface area contributed by atoms with Crippen LogP contribution in [-0.2, 0) is 6.42 Å². The van der Waals surface area contributed by atoms with Crippen molar-refractivity contribution in [2.45, 2.75) is 6.42 Å². The van der Waals surface area contributed by atoms with E-state index in [-0.39, 0.29) is 0 Å². The Morgan fingerprint density at radius 2 is 2.64 bits per heavy atom. The van der Waals surface area contributed by atoms with E-state index in [9.17, 15) is 0 Å². The molecular weight excluding hydrogens is 214 g/mol. The molecule has 1 N–H and O–H groups in total. The lowest BCUT2D eigenvalue weighted by Gasteiger charge is -1.98. The topological polar surface area (TPSA) is 48.2 Å². The third-order valence-corrected chi connectivity index (χ3v) is 3.10. The monoisotopic (exact) mass is 225 g/mol. The number of nitriles is 1. The molecule has 1 aromatic rings. The first-order valence-electron chi connectivity index (χ1n) is 4.12. The van der Waals surface area contributed by atoms with Crippen LogP contribution >= 0.6 is 23.1 Å². The molecule has 0 aromatic carbocycles. The van der Waals surface area contributed by atoms with E-state index in [0.29, 0.717) is 5.17 Å². The molecule has 0 saturated carbocycles. The highest BCUT2D eigenvalue weighted by Gasteiger charge is 1.95. The summed E-state index contributed by atoms with van der Waals surface area (Å²) >= 11 is 3.19. The Labute approximate surface area is 91.9 Å². The molecule has 0 aliphatic carbocycles. The van der Waals surface area contributed by atoms with Crippen LogP contribution in [0.5, 0.6) is 0 Å².